The van der Waals surface area contributed by atoms with Gasteiger partial charge < -0.3 is 10.1 Å². The van der Waals surface area contributed by atoms with Crippen molar-refractivity contribution >= 4 is 5.91 Å². The Bertz CT molecular complexity index is 490. The number of methoxy groups -OCH3 is 1. The Morgan fingerprint density at radius 3 is 2.74 bits per heavy atom. The first kappa shape index (κ1) is 15.0. The number of rotatable bonds is 6. The van der Waals surface area contributed by atoms with Crippen LogP contribution in [0.3, 0.4) is 0 Å². The van der Waals surface area contributed by atoms with E-state index in [0.29, 0.717) is 6.54 Å². The zero-order valence-electron chi connectivity index (χ0n) is 11.7. The van der Waals surface area contributed by atoms with Gasteiger partial charge in [0.2, 0.25) is 5.91 Å². The third-order valence-corrected chi connectivity index (χ3v) is 3.03. The van der Waals surface area contributed by atoms with Gasteiger partial charge in [0.05, 0.1) is 13.2 Å². The maximum Gasteiger partial charge on any atom is 0.221 e. The Kier molecular flexibility index (Phi) is 5.87. The summed E-state index contributed by atoms with van der Waals surface area (Å²) in [4.78, 5) is 11.4. The van der Waals surface area contributed by atoms with Crippen molar-refractivity contribution in [2.24, 2.45) is 0 Å². The van der Waals surface area contributed by atoms with Crippen LogP contribution in [0.1, 0.15) is 29.5 Å². The molecule has 0 spiro atoms. The molecule has 0 radical (unpaired) electrons. The van der Waals surface area contributed by atoms with Crippen LogP contribution in [0.4, 0.5) is 0 Å². The first-order valence-corrected chi connectivity index (χ1v) is 6.36. The highest BCUT2D eigenvalue weighted by Gasteiger charge is 2.06. The van der Waals surface area contributed by atoms with Crippen LogP contribution in [-0.2, 0) is 11.2 Å². The lowest BCUT2D eigenvalue weighted by Crippen LogP contribution is -2.25. The normalized spacial score (nSPS) is 9.79. The number of nitriles is 1. The molecule has 0 unspecified atom stereocenters. The van der Waals surface area contributed by atoms with E-state index < -0.39 is 0 Å². The second-order valence-corrected chi connectivity index (χ2v) is 4.51. The van der Waals surface area contributed by atoms with E-state index in [1.54, 1.807) is 7.11 Å². The molecule has 0 aliphatic rings. The van der Waals surface area contributed by atoms with Gasteiger partial charge in [-0.25, -0.2) is 0 Å². The van der Waals surface area contributed by atoms with Crippen molar-refractivity contribution in [3.8, 4) is 11.8 Å². The van der Waals surface area contributed by atoms with Crippen molar-refractivity contribution in [1.29, 1.82) is 5.26 Å². The molecule has 0 saturated carbocycles. The summed E-state index contributed by atoms with van der Waals surface area (Å²) in [5.74, 6) is 0.823. The third kappa shape index (κ3) is 4.63. The minimum atomic E-state index is -0.0653. The van der Waals surface area contributed by atoms with Crippen LogP contribution in [0.5, 0.6) is 5.75 Å². The summed E-state index contributed by atoms with van der Waals surface area (Å²) >= 11 is 0. The first-order chi connectivity index (χ1) is 9.08. The highest BCUT2D eigenvalue weighted by Crippen LogP contribution is 2.22. The van der Waals surface area contributed by atoms with Crippen LogP contribution < -0.4 is 10.1 Å². The summed E-state index contributed by atoms with van der Waals surface area (Å²) in [6.07, 6.45) is 1.33. The van der Waals surface area contributed by atoms with Gasteiger partial charge in [0.1, 0.15) is 5.75 Å². The number of ether oxygens (including phenoxy) is 1. The zero-order chi connectivity index (χ0) is 14.3. The Morgan fingerprint density at radius 1 is 1.37 bits per heavy atom. The molecule has 19 heavy (non-hydrogen) atoms. The first-order valence-electron chi connectivity index (χ1n) is 6.36. The number of hydrogen-bond acceptors (Lipinski definition) is 3. The van der Waals surface area contributed by atoms with E-state index in [4.69, 9.17) is 10.00 Å². The van der Waals surface area contributed by atoms with Crippen LogP contribution in [0.15, 0.2) is 12.1 Å². The SMILES string of the molecule is COc1cc(C)c(CCNC(=O)CCC#N)cc1C. The van der Waals surface area contributed by atoms with Crippen LogP contribution in [0, 0.1) is 25.2 Å². The van der Waals surface area contributed by atoms with Crippen molar-refractivity contribution in [1.82, 2.24) is 5.32 Å². The third-order valence-electron chi connectivity index (χ3n) is 3.03. The molecule has 0 aliphatic heterocycles. The van der Waals surface area contributed by atoms with E-state index in [0.717, 1.165) is 23.3 Å². The number of amides is 1. The van der Waals surface area contributed by atoms with Crippen molar-refractivity contribution in [2.75, 3.05) is 13.7 Å². The van der Waals surface area contributed by atoms with E-state index >= 15 is 0 Å². The number of benzene rings is 1. The summed E-state index contributed by atoms with van der Waals surface area (Å²) in [7, 11) is 1.66. The molecule has 0 aromatic heterocycles. The van der Waals surface area contributed by atoms with Gasteiger partial charge in [0, 0.05) is 19.4 Å². The molecule has 0 heterocycles. The van der Waals surface area contributed by atoms with E-state index in [1.807, 2.05) is 26.0 Å². The van der Waals surface area contributed by atoms with E-state index in [2.05, 4.69) is 11.4 Å². The fraction of sp³-hybridized carbons (Fsp3) is 0.467. The van der Waals surface area contributed by atoms with Gasteiger partial charge in [-0.2, -0.15) is 5.26 Å². The molecule has 0 aliphatic carbocycles. The van der Waals surface area contributed by atoms with Gasteiger partial charge in [0.25, 0.3) is 0 Å². The second kappa shape index (κ2) is 7.42. The minimum Gasteiger partial charge on any atom is -0.496 e. The maximum atomic E-state index is 11.4. The summed E-state index contributed by atoms with van der Waals surface area (Å²) in [6.45, 7) is 4.64. The Labute approximate surface area is 114 Å². The average Bonchev–Trinajstić information content (AvgIpc) is 2.39. The molecule has 102 valence electrons. The number of nitrogens with one attached hydrogen (secondary N) is 1. The van der Waals surface area contributed by atoms with Gasteiger partial charge >= 0.3 is 0 Å². The molecule has 1 aromatic carbocycles. The molecule has 0 atom stereocenters. The van der Waals surface area contributed by atoms with Gasteiger partial charge in [-0.05, 0) is 43.0 Å². The van der Waals surface area contributed by atoms with Gasteiger partial charge in [0.15, 0.2) is 0 Å². The molecule has 1 N–H and O–H groups in total. The van der Waals surface area contributed by atoms with Crippen LogP contribution in [-0.4, -0.2) is 19.6 Å². The minimum absolute atomic E-state index is 0.0653. The quantitative estimate of drug-likeness (QED) is 0.853. The number of hydrogen-bond donors (Lipinski definition) is 1. The number of carbonyl (C=O) groups excluding carboxylic acids is 1. The van der Waals surface area contributed by atoms with Gasteiger partial charge in [-0.1, -0.05) is 6.07 Å². The van der Waals surface area contributed by atoms with Crippen molar-refractivity contribution < 1.29 is 9.53 Å². The fourth-order valence-corrected chi connectivity index (χ4v) is 1.93. The predicted octanol–water partition coefficient (Wildman–Crippen LogP) is 2.27. The summed E-state index contributed by atoms with van der Waals surface area (Å²) in [5, 5.41) is 11.2. The van der Waals surface area contributed by atoms with E-state index in [1.165, 1.54) is 5.56 Å². The predicted molar refractivity (Wildman–Crippen MR) is 74.0 cm³/mol. The van der Waals surface area contributed by atoms with Crippen molar-refractivity contribution in [2.45, 2.75) is 33.1 Å². The largest absolute Gasteiger partial charge is 0.496 e. The Hall–Kier alpha value is -2.02. The lowest BCUT2D eigenvalue weighted by Gasteiger charge is -2.11. The Morgan fingerprint density at radius 2 is 2.11 bits per heavy atom. The standard InChI is InChI=1S/C15H20N2O2/c1-11-10-14(19-3)12(2)9-13(11)6-8-17-15(18)5-4-7-16/h9-10H,4-6,8H2,1-3H3,(H,17,18). The molecular formula is C15H20N2O2. The molecule has 0 bridgehead atoms. The van der Waals surface area contributed by atoms with E-state index in [9.17, 15) is 4.79 Å². The summed E-state index contributed by atoms with van der Waals surface area (Å²) < 4.78 is 5.27. The molecular weight excluding hydrogens is 240 g/mol. The monoisotopic (exact) mass is 260 g/mol. The summed E-state index contributed by atoms with van der Waals surface area (Å²) in [5.41, 5.74) is 3.46. The molecule has 0 saturated heterocycles. The van der Waals surface area contributed by atoms with Gasteiger partial charge in [-0.15, -0.1) is 0 Å². The van der Waals surface area contributed by atoms with Crippen LogP contribution in [0.25, 0.3) is 0 Å². The van der Waals surface area contributed by atoms with Gasteiger partial charge in [-0.3, -0.25) is 4.79 Å². The average molecular weight is 260 g/mol. The summed E-state index contributed by atoms with van der Waals surface area (Å²) in [6, 6.07) is 6.07. The van der Waals surface area contributed by atoms with Crippen LogP contribution >= 0.6 is 0 Å². The smallest absolute Gasteiger partial charge is 0.221 e. The number of aryl methyl sites for hydroxylation is 2. The molecule has 1 aromatic rings. The maximum absolute atomic E-state index is 11.4. The molecule has 1 amide bonds. The highest BCUT2D eigenvalue weighted by molar-refractivity contribution is 5.76. The molecule has 1 rings (SSSR count). The Balaban J connectivity index is 2.52. The van der Waals surface area contributed by atoms with Crippen molar-refractivity contribution in [3.05, 3.63) is 28.8 Å². The van der Waals surface area contributed by atoms with Crippen molar-refractivity contribution in [3.63, 3.8) is 0 Å². The molecule has 4 nitrogen and oxygen atoms in total. The lowest BCUT2D eigenvalue weighted by molar-refractivity contribution is -0.120. The molecule has 0 fully saturated rings. The second-order valence-electron chi connectivity index (χ2n) is 4.51. The fourth-order valence-electron chi connectivity index (χ4n) is 1.93. The highest BCUT2D eigenvalue weighted by atomic mass is 16.5. The van der Waals surface area contributed by atoms with Crippen LogP contribution in [0.2, 0.25) is 0 Å². The van der Waals surface area contributed by atoms with E-state index in [-0.39, 0.29) is 18.7 Å². The number of carbonyl (C=O) groups is 1. The lowest BCUT2D eigenvalue weighted by atomic mass is 10.0. The zero-order valence-corrected chi connectivity index (χ0v) is 11.7. The molecule has 4 heteroatoms. The topological polar surface area (TPSA) is 62.1 Å². The number of nitrogens with zero attached hydrogens (tertiary/aromatic N) is 1.